The first-order valence-corrected chi connectivity index (χ1v) is 6.69. The van der Waals surface area contributed by atoms with Crippen molar-refractivity contribution in [2.75, 3.05) is 6.54 Å². The van der Waals surface area contributed by atoms with Crippen molar-refractivity contribution >= 4 is 6.72 Å². The molecule has 0 fully saturated rings. The molecule has 0 aliphatic rings. The summed E-state index contributed by atoms with van der Waals surface area (Å²) in [6.45, 7) is 16.6. The van der Waals surface area contributed by atoms with Crippen LogP contribution in [0.15, 0.2) is 64.5 Å². The number of rotatable bonds is 8. The molecule has 0 rings (SSSR count). The lowest BCUT2D eigenvalue weighted by Crippen LogP contribution is -2.11. The van der Waals surface area contributed by atoms with Gasteiger partial charge in [-0.05, 0) is 63.3 Å². The van der Waals surface area contributed by atoms with Crippen LogP contribution in [0.5, 0.6) is 0 Å². The summed E-state index contributed by atoms with van der Waals surface area (Å²) in [6.07, 6.45) is 11.0. The van der Waals surface area contributed by atoms with Crippen molar-refractivity contribution in [1.29, 1.82) is 0 Å². The summed E-state index contributed by atoms with van der Waals surface area (Å²) in [4.78, 5) is 3.74. The van der Waals surface area contributed by atoms with E-state index >= 15 is 0 Å². The molecule has 1 N–H and O–H groups in total. The van der Waals surface area contributed by atoms with Gasteiger partial charge in [0.1, 0.15) is 0 Å². The number of nitrogens with one attached hydrogen (secondary N) is 1. The first-order valence-electron chi connectivity index (χ1n) is 6.69. The third-order valence-electron chi connectivity index (χ3n) is 2.63. The van der Waals surface area contributed by atoms with E-state index in [1.165, 1.54) is 5.70 Å². The van der Waals surface area contributed by atoms with Crippen LogP contribution in [0.25, 0.3) is 0 Å². The molecule has 0 aromatic carbocycles. The van der Waals surface area contributed by atoms with E-state index in [4.69, 9.17) is 0 Å². The highest BCUT2D eigenvalue weighted by Crippen LogP contribution is 2.15. The van der Waals surface area contributed by atoms with Gasteiger partial charge in [0, 0.05) is 18.4 Å². The monoisotopic (exact) mass is 258 g/mol. The maximum Gasteiger partial charge on any atom is 0.0266 e. The molecule has 0 radical (unpaired) electrons. The van der Waals surface area contributed by atoms with Gasteiger partial charge >= 0.3 is 0 Å². The summed E-state index contributed by atoms with van der Waals surface area (Å²) in [5.41, 5.74) is 4.46. The van der Waals surface area contributed by atoms with Gasteiger partial charge < -0.3 is 5.32 Å². The second-order valence-electron chi connectivity index (χ2n) is 4.22. The van der Waals surface area contributed by atoms with Gasteiger partial charge in [0.25, 0.3) is 0 Å². The molecule has 0 spiro atoms. The molecule has 2 nitrogen and oxygen atoms in total. The fourth-order valence-electron chi connectivity index (χ4n) is 1.54. The third kappa shape index (κ3) is 7.24. The summed E-state index contributed by atoms with van der Waals surface area (Å²) in [7, 11) is 0. The van der Waals surface area contributed by atoms with Crippen LogP contribution in [-0.2, 0) is 0 Å². The van der Waals surface area contributed by atoms with E-state index in [1.807, 2.05) is 19.9 Å². The third-order valence-corrected chi connectivity index (χ3v) is 2.63. The molecule has 0 aliphatic heterocycles. The fourth-order valence-corrected chi connectivity index (χ4v) is 1.54. The molecular weight excluding hydrogens is 232 g/mol. The molecule has 0 unspecified atom stereocenters. The van der Waals surface area contributed by atoms with Gasteiger partial charge in [0.15, 0.2) is 0 Å². The SMILES string of the molecule is C=N\C=C/C(=C/C(/C=C(/CC)NCC)=C\C)C(=C)C. The van der Waals surface area contributed by atoms with Crippen LogP contribution in [0.1, 0.15) is 34.1 Å². The minimum Gasteiger partial charge on any atom is -0.389 e. The van der Waals surface area contributed by atoms with Gasteiger partial charge in [-0.15, -0.1) is 0 Å². The largest absolute Gasteiger partial charge is 0.389 e. The Morgan fingerprint density at radius 1 is 1.26 bits per heavy atom. The average Bonchev–Trinajstić information content (AvgIpc) is 2.40. The van der Waals surface area contributed by atoms with Crippen molar-refractivity contribution < 1.29 is 0 Å². The van der Waals surface area contributed by atoms with E-state index in [-0.39, 0.29) is 0 Å². The number of allylic oxidation sites excluding steroid dienone is 8. The topological polar surface area (TPSA) is 24.4 Å². The Labute approximate surface area is 118 Å². The van der Waals surface area contributed by atoms with Crippen molar-refractivity contribution in [3.63, 3.8) is 0 Å². The predicted molar refractivity (Wildman–Crippen MR) is 87.4 cm³/mol. The lowest BCUT2D eigenvalue weighted by molar-refractivity contribution is 0.806. The van der Waals surface area contributed by atoms with Crippen LogP contribution in [0.4, 0.5) is 0 Å². The first-order chi connectivity index (χ1) is 9.08. The van der Waals surface area contributed by atoms with Crippen molar-refractivity contribution in [3.05, 3.63) is 59.5 Å². The smallest absolute Gasteiger partial charge is 0.0266 e. The van der Waals surface area contributed by atoms with E-state index < -0.39 is 0 Å². The molecule has 0 heterocycles. The Hall–Kier alpha value is -1.83. The molecule has 0 aliphatic carbocycles. The summed E-state index contributed by atoms with van der Waals surface area (Å²) in [5, 5.41) is 3.36. The Morgan fingerprint density at radius 2 is 1.95 bits per heavy atom. The van der Waals surface area contributed by atoms with Gasteiger partial charge in [0.05, 0.1) is 0 Å². The van der Waals surface area contributed by atoms with E-state index in [2.05, 4.69) is 55.7 Å². The van der Waals surface area contributed by atoms with Gasteiger partial charge in [0.2, 0.25) is 0 Å². The van der Waals surface area contributed by atoms with Crippen molar-refractivity contribution in [2.45, 2.75) is 34.1 Å². The highest BCUT2D eigenvalue weighted by Gasteiger charge is 1.97. The molecule has 104 valence electrons. The van der Waals surface area contributed by atoms with E-state index in [1.54, 1.807) is 6.20 Å². The zero-order valence-electron chi connectivity index (χ0n) is 12.7. The minimum absolute atomic E-state index is 0.939. The Morgan fingerprint density at radius 3 is 2.37 bits per heavy atom. The van der Waals surface area contributed by atoms with Crippen LogP contribution < -0.4 is 5.32 Å². The minimum atomic E-state index is 0.939. The maximum absolute atomic E-state index is 3.99. The second-order valence-corrected chi connectivity index (χ2v) is 4.22. The van der Waals surface area contributed by atoms with Gasteiger partial charge in [-0.2, -0.15) is 0 Å². The molecule has 2 heteroatoms. The summed E-state index contributed by atoms with van der Waals surface area (Å²) in [5.74, 6) is 0. The fraction of sp³-hybridized carbons (Fsp3) is 0.353. The van der Waals surface area contributed by atoms with E-state index in [9.17, 15) is 0 Å². The van der Waals surface area contributed by atoms with Crippen LogP contribution in [0.2, 0.25) is 0 Å². The van der Waals surface area contributed by atoms with Gasteiger partial charge in [-0.3, -0.25) is 4.99 Å². The average molecular weight is 258 g/mol. The van der Waals surface area contributed by atoms with Gasteiger partial charge in [-0.25, -0.2) is 0 Å². The van der Waals surface area contributed by atoms with Crippen LogP contribution >= 0.6 is 0 Å². The lowest BCUT2D eigenvalue weighted by atomic mass is 10.0. The molecule has 0 aromatic heterocycles. The second kappa shape index (κ2) is 10.1. The van der Waals surface area contributed by atoms with Crippen molar-refractivity contribution in [3.8, 4) is 0 Å². The number of hydrogen-bond acceptors (Lipinski definition) is 2. The number of hydrogen-bond donors (Lipinski definition) is 1. The molecule has 0 saturated carbocycles. The molecule has 0 bridgehead atoms. The zero-order chi connectivity index (χ0) is 14.7. The standard InChI is InChI=1S/C17H26N2/c1-7-15(13-17(8-2)19-9-3)12-16(14(4)5)10-11-18-6/h7,10-13,19H,4,6,8-9H2,1-3,5H3/b11-10-,15-7+,16-12-,17-13-. The molecule has 0 atom stereocenters. The highest BCUT2D eigenvalue weighted by atomic mass is 14.9. The molecule has 19 heavy (non-hydrogen) atoms. The summed E-state index contributed by atoms with van der Waals surface area (Å²) < 4.78 is 0. The number of aliphatic imine (C=N–C) groups is 1. The van der Waals surface area contributed by atoms with Crippen LogP contribution in [0.3, 0.4) is 0 Å². The Balaban J connectivity index is 5.29. The Kier molecular flexibility index (Phi) is 9.15. The van der Waals surface area contributed by atoms with Crippen molar-refractivity contribution in [2.24, 2.45) is 4.99 Å². The summed E-state index contributed by atoms with van der Waals surface area (Å²) >= 11 is 0. The van der Waals surface area contributed by atoms with E-state index in [0.717, 1.165) is 29.7 Å². The van der Waals surface area contributed by atoms with Crippen LogP contribution in [0, 0.1) is 0 Å². The number of nitrogens with zero attached hydrogens (tertiary/aromatic N) is 1. The van der Waals surface area contributed by atoms with Crippen molar-refractivity contribution in [1.82, 2.24) is 5.32 Å². The lowest BCUT2D eigenvalue weighted by Gasteiger charge is -2.08. The normalized spacial score (nSPS) is 13.8. The van der Waals surface area contributed by atoms with Crippen LogP contribution in [-0.4, -0.2) is 13.3 Å². The molecular formula is C17H26N2. The quantitative estimate of drug-likeness (QED) is 0.501. The highest BCUT2D eigenvalue weighted by molar-refractivity contribution is 5.46. The zero-order valence-corrected chi connectivity index (χ0v) is 12.7. The van der Waals surface area contributed by atoms with Gasteiger partial charge in [-0.1, -0.05) is 25.2 Å². The molecule has 0 aromatic rings. The predicted octanol–water partition coefficient (Wildman–Crippen LogP) is 4.55. The summed E-state index contributed by atoms with van der Waals surface area (Å²) in [6, 6.07) is 0. The molecule has 0 amide bonds. The Bertz CT molecular complexity index is 421. The maximum atomic E-state index is 3.99. The molecule has 0 saturated heterocycles. The first kappa shape index (κ1) is 17.2. The van der Waals surface area contributed by atoms with E-state index in [0.29, 0.717) is 0 Å².